The maximum absolute atomic E-state index is 8.61. The largest absolute Gasteiger partial charge is 0.489 e. The third-order valence-electron chi connectivity index (χ3n) is 1.76. The lowest BCUT2D eigenvalue weighted by atomic mass is 10.2. The minimum Gasteiger partial charge on any atom is -0.489 e. The van der Waals surface area contributed by atoms with E-state index in [1.807, 2.05) is 13.1 Å². The van der Waals surface area contributed by atoms with Gasteiger partial charge in [-0.05, 0) is 34.7 Å². The molecule has 0 saturated carbocycles. The lowest BCUT2D eigenvalue weighted by molar-refractivity contribution is 0.202. The summed E-state index contributed by atoms with van der Waals surface area (Å²) in [7, 11) is 1.84. The number of nitrogens with two attached hydrogens (primary N) is 1. The van der Waals surface area contributed by atoms with E-state index >= 15 is 0 Å². The second kappa shape index (κ2) is 5.26. The van der Waals surface area contributed by atoms with Gasteiger partial charge in [-0.15, -0.1) is 0 Å². The van der Waals surface area contributed by atoms with Gasteiger partial charge in [-0.3, -0.25) is 0 Å². The van der Waals surface area contributed by atoms with Gasteiger partial charge in [-0.25, -0.2) is 0 Å². The van der Waals surface area contributed by atoms with Crippen molar-refractivity contribution in [3.63, 3.8) is 0 Å². The molecule has 0 fully saturated rings. The predicted octanol–water partition coefficient (Wildman–Crippen LogP) is 1.29. The molecule has 0 aliphatic carbocycles. The molecule has 14 heavy (non-hydrogen) atoms. The van der Waals surface area contributed by atoms with Gasteiger partial charge in [-0.2, -0.15) is 0 Å². The van der Waals surface area contributed by atoms with Crippen molar-refractivity contribution in [3.8, 4) is 5.75 Å². The van der Waals surface area contributed by atoms with Gasteiger partial charge in [0, 0.05) is 12.7 Å². The van der Waals surface area contributed by atoms with E-state index in [1.165, 1.54) is 0 Å². The molecule has 0 bridgehead atoms. The average Bonchev–Trinajstić information content (AvgIpc) is 2.20. The molecule has 4 N–H and O–H groups in total. The van der Waals surface area contributed by atoms with Crippen LogP contribution in [0.1, 0.15) is 0 Å². The van der Waals surface area contributed by atoms with E-state index in [4.69, 9.17) is 15.6 Å². The summed E-state index contributed by atoms with van der Waals surface area (Å²) < 4.78 is 6.19. The van der Waals surface area contributed by atoms with E-state index < -0.39 is 0 Å². The summed E-state index contributed by atoms with van der Waals surface area (Å²) in [6.07, 6.45) is 0. The van der Waals surface area contributed by atoms with Crippen LogP contribution < -0.4 is 15.8 Å². The molecule has 1 aromatic rings. The number of hydrogen-bond acceptors (Lipinski definition) is 4. The van der Waals surface area contributed by atoms with Crippen LogP contribution in [0.2, 0.25) is 0 Å². The third-order valence-corrected chi connectivity index (χ3v) is 2.92. The fraction of sp³-hybridized carbons (Fsp3) is 0.333. The summed E-state index contributed by atoms with van der Waals surface area (Å²) >= 11 is 2.15. The molecule has 0 aliphatic heterocycles. The molecule has 1 rings (SSSR count). The van der Waals surface area contributed by atoms with E-state index in [0.29, 0.717) is 11.4 Å². The van der Waals surface area contributed by atoms with Gasteiger partial charge in [-0.1, -0.05) is 0 Å². The first-order valence-corrected chi connectivity index (χ1v) is 5.28. The van der Waals surface area contributed by atoms with Gasteiger partial charge in [0.15, 0.2) is 0 Å². The van der Waals surface area contributed by atoms with Crippen molar-refractivity contribution in [3.05, 3.63) is 15.7 Å². The van der Waals surface area contributed by atoms with Crippen LogP contribution in [0.15, 0.2) is 12.1 Å². The third kappa shape index (κ3) is 2.42. The highest BCUT2D eigenvalue weighted by Crippen LogP contribution is 2.32. The van der Waals surface area contributed by atoms with Crippen molar-refractivity contribution < 1.29 is 9.84 Å². The zero-order valence-corrected chi connectivity index (χ0v) is 10.0. The summed E-state index contributed by atoms with van der Waals surface area (Å²) in [5.41, 5.74) is 7.42. The Hall–Kier alpha value is -0.690. The molecular formula is C9H13IN2O2. The van der Waals surface area contributed by atoms with Crippen LogP contribution in [-0.2, 0) is 0 Å². The lowest BCUT2D eigenvalue weighted by Gasteiger charge is -2.11. The van der Waals surface area contributed by atoms with E-state index in [1.54, 1.807) is 6.07 Å². The normalized spacial score (nSPS) is 9.93. The number of aliphatic hydroxyl groups is 1. The van der Waals surface area contributed by atoms with Crippen LogP contribution >= 0.6 is 22.6 Å². The molecular weight excluding hydrogens is 295 g/mol. The van der Waals surface area contributed by atoms with Crippen LogP contribution in [0, 0.1) is 3.57 Å². The van der Waals surface area contributed by atoms with Crippen molar-refractivity contribution in [2.24, 2.45) is 0 Å². The number of anilines is 2. The van der Waals surface area contributed by atoms with Crippen molar-refractivity contribution in [2.75, 3.05) is 31.3 Å². The van der Waals surface area contributed by atoms with E-state index in [0.717, 1.165) is 9.26 Å². The Bertz CT molecular complexity index is 318. The number of nitrogen functional groups attached to an aromatic ring is 1. The first-order valence-electron chi connectivity index (χ1n) is 4.20. The number of benzene rings is 1. The second-order valence-electron chi connectivity index (χ2n) is 2.66. The lowest BCUT2D eigenvalue weighted by Crippen LogP contribution is -2.05. The molecule has 0 atom stereocenters. The summed E-state index contributed by atoms with van der Waals surface area (Å²) in [6, 6.07) is 3.68. The highest BCUT2D eigenvalue weighted by Gasteiger charge is 2.07. The summed E-state index contributed by atoms with van der Waals surface area (Å²) in [5.74, 6) is 0.613. The molecule has 0 aliphatic rings. The van der Waals surface area contributed by atoms with Crippen LogP contribution in [0.4, 0.5) is 11.4 Å². The van der Waals surface area contributed by atoms with Gasteiger partial charge in [0.25, 0.3) is 0 Å². The minimum atomic E-state index is -0.0101. The molecule has 0 heterocycles. The number of rotatable bonds is 4. The number of halogens is 1. The number of aliphatic hydroxyl groups excluding tert-OH is 1. The second-order valence-corrected chi connectivity index (χ2v) is 3.74. The van der Waals surface area contributed by atoms with E-state index in [-0.39, 0.29) is 13.2 Å². The average molecular weight is 308 g/mol. The Morgan fingerprint density at radius 2 is 2.29 bits per heavy atom. The Balaban J connectivity index is 2.92. The SMILES string of the molecule is CNc1ccc(OCCO)c(N)c1I. The standard InChI is InChI=1S/C9H13IN2O2/c1-12-6-2-3-7(14-5-4-13)9(11)8(6)10/h2-3,12-13H,4-5,11H2,1H3. The fourth-order valence-electron chi connectivity index (χ4n) is 1.05. The topological polar surface area (TPSA) is 67.5 Å². The van der Waals surface area contributed by atoms with Crippen molar-refractivity contribution >= 4 is 34.0 Å². The van der Waals surface area contributed by atoms with Gasteiger partial charge >= 0.3 is 0 Å². The zero-order chi connectivity index (χ0) is 10.6. The smallest absolute Gasteiger partial charge is 0.143 e. The summed E-state index contributed by atoms with van der Waals surface area (Å²) in [4.78, 5) is 0. The Kier molecular flexibility index (Phi) is 4.27. The molecule has 78 valence electrons. The van der Waals surface area contributed by atoms with Crippen molar-refractivity contribution in [1.82, 2.24) is 0 Å². The molecule has 0 amide bonds. The summed E-state index contributed by atoms with van der Waals surface area (Å²) in [5, 5.41) is 11.6. The van der Waals surface area contributed by atoms with Gasteiger partial charge < -0.3 is 20.9 Å². The number of ether oxygens (including phenoxy) is 1. The van der Waals surface area contributed by atoms with Gasteiger partial charge in [0.05, 0.1) is 15.9 Å². The van der Waals surface area contributed by atoms with Gasteiger partial charge in [0.1, 0.15) is 12.4 Å². The first kappa shape index (κ1) is 11.4. The maximum Gasteiger partial charge on any atom is 0.143 e. The van der Waals surface area contributed by atoms with Crippen LogP contribution in [-0.4, -0.2) is 25.4 Å². The minimum absolute atomic E-state index is 0.0101. The molecule has 4 nitrogen and oxygen atoms in total. The number of nitrogens with one attached hydrogen (secondary N) is 1. The molecule has 1 aromatic carbocycles. The predicted molar refractivity (Wildman–Crippen MR) is 65.7 cm³/mol. The van der Waals surface area contributed by atoms with Gasteiger partial charge in [0.2, 0.25) is 0 Å². The van der Waals surface area contributed by atoms with Crippen LogP contribution in [0.3, 0.4) is 0 Å². The molecule has 0 aromatic heterocycles. The van der Waals surface area contributed by atoms with E-state index in [2.05, 4.69) is 27.9 Å². The molecule has 0 unspecified atom stereocenters. The maximum atomic E-state index is 8.61. The van der Waals surface area contributed by atoms with Crippen LogP contribution in [0.5, 0.6) is 5.75 Å². The molecule has 0 saturated heterocycles. The van der Waals surface area contributed by atoms with Crippen molar-refractivity contribution in [1.29, 1.82) is 0 Å². The quantitative estimate of drug-likeness (QED) is 0.579. The Morgan fingerprint density at radius 1 is 1.57 bits per heavy atom. The fourth-order valence-corrected chi connectivity index (χ4v) is 1.77. The Morgan fingerprint density at radius 3 is 2.86 bits per heavy atom. The Labute approximate surface area is 96.6 Å². The number of hydrogen-bond donors (Lipinski definition) is 3. The molecule has 0 spiro atoms. The van der Waals surface area contributed by atoms with E-state index in [9.17, 15) is 0 Å². The van der Waals surface area contributed by atoms with Crippen molar-refractivity contribution in [2.45, 2.75) is 0 Å². The summed E-state index contributed by atoms with van der Waals surface area (Å²) in [6.45, 7) is 0.253. The first-order chi connectivity index (χ1) is 6.70. The highest BCUT2D eigenvalue weighted by atomic mass is 127. The zero-order valence-electron chi connectivity index (χ0n) is 7.88. The molecule has 5 heteroatoms. The van der Waals surface area contributed by atoms with Crippen LogP contribution in [0.25, 0.3) is 0 Å². The molecule has 0 radical (unpaired) electrons. The monoisotopic (exact) mass is 308 g/mol. The highest BCUT2D eigenvalue weighted by molar-refractivity contribution is 14.1.